The van der Waals surface area contributed by atoms with Gasteiger partial charge in [0.1, 0.15) is 5.75 Å². The van der Waals surface area contributed by atoms with Gasteiger partial charge in [-0.1, -0.05) is 19.9 Å². The number of benzene rings is 1. The molecule has 1 aromatic carbocycles. The number of nitrogens with one attached hydrogen (secondary N) is 1. The van der Waals surface area contributed by atoms with E-state index in [2.05, 4.69) is 24.1 Å². The first kappa shape index (κ1) is 19.2. The number of likely N-dealkylation sites (N-methyl/N-ethyl adjacent to an activating group) is 1. The Labute approximate surface area is 150 Å². The molecule has 138 valence electrons. The van der Waals surface area contributed by atoms with E-state index < -0.39 is 0 Å². The van der Waals surface area contributed by atoms with Gasteiger partial charge in [0.15, 0.2) is 0 Å². The van der Waals surface area contributed by atoms with E-state index in [9.17, 15) is 9.59 Å². The monoisotopic (exact) mass is 347 g/mol. The summed E-state index contributed by atoms with van der Waals surface area (Å²) < 4.78 is 5.14. The maximum Gasteiger partial charge on any atom is 0.243 e. The van der Waals surface area contributed by atoms with E-state index in [1.807, 2.05) is 12.1 Å². The number of hydrogen-bond donors (Lipinski definition) is 1. The molecule has 2 rings (SSSR count). The Morgan fingerprint density at radius 2 is 1.96 bits per heavy atom. The SMILES string of the molecule is COc1cccc(NC(=O)CN(C)C(=O)CN2C[C@H](C)C[C@@H](C)C2)c1. The number of piperidine rings is 1. The van der Waals surface area contributed by atoms with E-state index in [0.29, 0.717) is 29.8 Å². The largest absolute Gasteiger partial charge is 0.497 e. The number of ether oxygens (including phenoxy) is 1. The molecule has 1 N–H and O–H groups in total. The summed E-state index contributed by atoms with van der Waals surface area (Å²) in [7, 11) is 3.25. The van der Waals surface area contributed by atoms with E-state index in [0.717, 1.165) is 13.1 Å². The molecule has 6 heteroatoms. The van der Waals surface area contributed by atoms with Crippen LogP contribution in [0.25, 0.3) is 0 Å². The summed E-state index contributed by atoms with van der Waals surface area (Å²) in [5, 5.41) is 2.79. The molecule has 1 aromatic rings. The highest BCUT2D eigenvalue weighted by molar-refractivity contribution is 5.94. The van der Waals surface area contributed by atoms with Crippen LogP contribution in [0.4, 0.5) is 5.69 Å². The summed E-state index contributed by atoms with van der Waals surface area (Å²) in [4.78, 5) is 28.2. The van der Waals surface area contributed by atoms with Crippen LogP contribution in [0.2, 0.25) is 0 Å². The molecule has 0 bridgehead atoms. The van der Waals surface area contributed by atoms with E-state index >= 15 is 0 Å². The van der Waals surface area contributed by atoms with E-state index in [-0.39, 0.29) is 18.4 Å². The molecule has 2 atom stereocenters. The molecule has 0 radical (unpaired) electrons. The van der Waals surface area contributed by atoms with Crippen molar-refractivity contribution in [2.24, 2.45) is 11.8 Å². The van der Waals surface area contributed by atoms with Gasteiger partial charge in [0.2, 0.25) is 11.8 Å². The average molecular weight is 347 g/mol. The standard InChI is InChI=1S/C19H29N3O3/c1-14-8-15(2)11-22(10-14)13-19(24)21(3)12-18(23)20-16-6-5-7-17(9-16)25-4/h5-7,9,14-15H,8,10-13H2,1-4H3,(H,20,23)/t14-,15-/m1/s1. The molecule has 1 fully saturated rings. The number of anilines is 1. The van der Waals surface area contributed by atoms with Gasteiger partial charge in [-0.3, -0.25) is 14.5 Å². The van der Waals surface area contributed by atoms with Gasteiger partial charge in [-0.05, 0) is 30.4 Å². The van der Waals surface area contributed by atoms with Crippen LogP contribution < -0.4 is 10.1 Å². The first-order valence-corrected chi connectivity index (χ1v) is 8.77. The molecule has 25 heavy (non-hydrogen) atoms. The van der Waals surface area contributed by atoms with Crippen LogP contribution in [-0.2, 0) is 9.59 Å². The molecular formula is C19H29N3O3. The van der Waals surface area contributed by atoms with Crippen LogP contribution in [0.15, 0.2) is 24.3 Å². The zero-order chi connectivity index (χ0) is 18.4. The van der Waals surface area contributed by atoms with Crippen molar-refractivity contribution >= 4 is 17.5 Å². The molecule has 6 nitrogen and oxygen atoms in total. The quantitative estimate of drug-likeness (QED) is 0.856. The third-order valence-corrected chi connectivity index (χ3v) is 4.46. The zero-order valence-electron chi connectivity index (χ0n) is 15.6. The summed E-state index contributed by atoms with van der Waals surface area (Å²) >= 11 is 0. The lowest BCUT2D eigenvalue weighted by molar-refractivity contribution is -0.134. The van der Waals surface area contributed by atoms with Gasteiger partial charge in [-0.2, -0.15) is 0 Å². The molecule has 1 aliphatic heterocycles. The van der Waals surface area contributed by atoms with Gasteiger partial charge in [-0.25, -0.2) is 0 Å². The topological polar surface area (TPSA) is 61.9 Å². The van der Waals surface area contributed by atoms with Gasteiger partial charge in [0.25, 0.3) is 0 Å². The number of likely N-dealkylation sites (tertiary alicyclic amines) is 1. The predicted molar refractivity (Wildman–Crippen MR) is 98.6 cm³/mol. The minimum absolute atomic E-state index is 0.0258. The summed E-state index contributed by atoms with van der Waals surface area (Å²) in [6, 6.07) is 7.16. The highest BCUT2D eigenvalue weighted by Crippen LogP contribution is 2.20. The Bertz CT molecular complexity index is 595. The number of nitrogens with zero attached hydrogens (tertiary/aromatic N) is 2. The number of amides is 2. The second kappa shape index (κ2) is 8.85. The van der Waals surface area contributed by atoms with Gasteiger partial charge >= 0.3 is 0 Å². The van der Waals surface area contributed by atoms with E-state index in [4.69, 9.17) is 4.74 Å². The lowest BCUT2D eigenvalue weighted by Crippen LogP contribution is -2.46. The van der Waals surface area contributed by atoms with Crippen molar-refractivity contribution in [3.8, 4) is 5.75 Å². The molecule has 0 unspecified atom stereocenters. The first-order valence-electron chi connectivity index (χ1n) is 8.77. The van der Waals surface area contributed by atoms with Crippen molar-refractivity contribution in [2.75, 3.05) is 45.7 Å². The minimum atomic E-state index is -0.218. The van der Waals surface area contributed by atoms with Gasteiger partial charge < -0.3 is 15.0 Å². The third kappa shape index (κ3) is 6.05. The van der Waals surface area contributed by atoms with Crippen LogP contribution in [0.3, 0.4) is 0 Å². The lowest BCUT2D eigenvalue weighted by Gasteiger charge is -2.35. The summed E-state index contributed by atoms with van der Waals surface area (Å²) in [5.74, 6) is 1.65. The number of methoxy groups -OCH3 is 1. The van der Waals surface area contributed by atoms with Crippen molar-refractivity contribution in [3.05, 3.63) is 24.3 Å². The predicted octanol–water partition coefficient (Wildman–Crippen LogP) is 2.07. The van der Waals surface area contributed by atoms with E-state index in [1.165, 1.54) is 11.3 Å². The Balaban J connectivity index is 1.82. The zero-order valence-corrected chi connectivity index (χ0v) is 15.6. The third-order valence-electron chi connectivity index (χ3n) is 4.46. The average Bonchev–Trinajstić information content (AvgIpc) is 2.53. The van der Waals surface area contributed by atoms with Crippen molar-refractivity contribution < 1.29 is 14.3 Å². The Kier molecular flexibility index (Phi) is 6.82. The summed E-state index contributed by atoms with van der Waals surface area (Å²) in [6.45, 7) is 6.74. The summed E-state index contributed by atoms with van der Waals surface area (Å²) in [5.41, 5.74) is 0.656. The molecule has 0 saturated carbocycles. The molecule has 0 spiro atoms. The molecular weight excluding hydrogens is 318 g/mol. The molecule has 0 aromatic heterocycles. The van der Waals surface area contributed by atoms with Crippen LogP contribution in [0.5, 0.6) is 5.75 Å². The molecule has 1 heterocycles. The first-order chi connectivity index (χ1) is 11.9. The Morgan fingerprint density at radius 3 is 2.60 bits per heavy atom. The van der Waals surface area contributed by atoms with Gasteiger partial charge in [-0.15, -0.1) is 0 Å². The molecule has 1 aliphatic rings. The molecule has 0 aliphatic carbocycles. The van der Waals surface area contributed by atoms with Gasteiger partial charge in [0.05, 0.1) is 20.2 Å². The highest BCUT2D eigenvalue weighted by atomic mass is 16.5. The number of carbonyl (C=O) groups excluding carboxylic acids is 2. The second-order valence-corrected chi connectivity index (χ2v) is 7.17. The highest BCUT2D eigenvalue weighted by Gasteiger charge is 2.24. The van der Waals surface area contributed by atoms with Crippen molar-refractivity contribution in [1.29, 1.82) is 0 Å². The van der Waals surface area contributed by atoms with Crippen LogP contribution in [0.1, 0.15) is 20.3 Å². The van der Waals surface area contributed by atoms with Crippen LogP contribution in [-0.4, -0.2) is 62.0 Å². The van der Waals surface area contributed by atoms with Crippen molar-refractivity contribution in [1.82, 2.24) is 9.80 Å². The maximum atomic E-state index is 12.4. The lowest BCUT2D eigenvalue weighted by atomic mass is 9.92. The Morgan fingerprint density at radius 1 is 1.28 bits per heavy atom. The smallest absolute Gasteiger partial charge is 0.243 e. The molecule has 1 saturated heterocycles. The van der Waals surface area contributed by atoms with Crippen molar-refractivity contribution in [2.45, 2.75) is 20.3 Å². The molecule has 2 amide bonds. The van der Waals surface area contributed by atoms with Crippen LogP contribution in [0, 0.1) is 11.8 Å². The normalized spacial score (nSPS) is 20.8. The fourth-order valence-corrected chi connectivity index (χ4v) is 3.44. The maximum absolute atomic E-state index is 12.4. The number of hydrogen-bond acceptors (Lipinski definition) is 4. The summed E-state index contributed by atoms with van der Waals surface area (Å²) in [6.07, 6.45) is 1.21. The Hall–Kier alpha value is -2.08. The van der Waals surface area contributed by atoms with E-state index in [1.54, 1.807) is 26.3 Å². The van der Waals surface area contributed by atoms with Gasteiger partial charge in [0, 0.05) is 31.9 Å². The number of rotatable bonds is 6. The minimum Gasteiger partial charge on any atom is -0.497 e. The van der Waals surface area contributed by atoms with Crippen LogP contribution >= 0.6 is 0 Å². The fraction of sp³-hybridized carbons (Fsp3) is 0.579. The fourth-order valence-electron chi connectivity index (χ4n) is 3.44. The van der Waals surface area contributed by atoms with Crippen molar-refractivity contribution in [3.63, 3.8) is 0 Å². The number of carbonyl (C=O) groups is 2. The second-order valence-electron chi connectivity index (χ2n) is 7.17.